The van der Waals surface area contributed by atoms with Crippen molar-refractivity contribution in [3.63, 3.8) is 0 Å². The number of halogens is 2. The summed E-state index contributed by atoms with van der Waals surface area (Å²) < 4.78 is 28.0. The molecule has 0 N–H and O–H groups in total. The van der Waals surface area contributed by atoms with Gasteiger partial charge in [-0.2, -0.15) is 5.26 Å². The van der Waals surface area contributed by atoms with E-state index in [1.807, 2.05) is 69.3 Å². The molecule has 0 bridgehead atoms. The van der Waals surface area contributed by atoms with Crippen LogP contribution in [-0.4, -0.2) is 0 Å². The Morgan fingerprint density at radius 1 is 0.786 bits per heavy atom. The molecule has 0 aromatic heterocycles. The van der Waals surface area contributed by atoms with Crippen molar-refractivity contribution in [2.75, 3.05) is 0 Å². The molecule has 0 spiro atoms. The van der Waals surface area contributed by atoms with Gasteiger partial charge in [0.1, 0.15) is 17.0 Å². The van der Waals surface area contributed by atoms with Crippen LogP contribution in [0.3, 0.4) is 0 Å². The molecule has 3 aromatic rings. The normalized spacial score (nSPS) is 10.3. The zero-order chi connectivity index (χ0) is 20.5. The zero-order valence-corrected chi connectivity index (χ0v) is 16.9. The first-order valence-electron chi connectivity index (χ1n) is 8.97. The lowest BCUT2D eigenvalue weighted by molar-refractivity contribution is 0.542. The Hall–Kier alpha value is -2.90. The molecule has 0 aliphatic rings. The van der Waals surface area contributed by atoms with Gasteiger partial charge in [0, 0.05) is 0 Å². The fourth-order valence-corrected chi connectivity index (χ4v) is 2.93. The zero-order valence-electron chi connectivity index (χ0n) is 16.0. The molecule has 0 saturated carbocycles. The van der Waals surface area contributed by atoms with Crippen molar-refractivity contribution in [2.45, 2.75) is 25.7 Å². The Labute approximate surface area is 169 Å². The Bertz CT molecular complexity index is 962. The van der Waals surface area contributed by atoms with Crippen LogP contribution in [0, 0.1) is 29.2 Å². The van der Waals surface area contributed by atoms with E-state index in [0.29, 0.717) is 22.9 Å². The lowest BCUT2D eigenvalue weighted by Crippen LogP contribution is -1.89. The Kier molecular flexibility index (Phi) is 7.98. The molecule has 3 rings (SSSR count). The molecule has 0 amide bonds. The van der Waals surface area contributed by atoms with Crippen LogP contribution < -0.4 is 0 Å². The van der Waals surface area contributed by atoms with Crippen LogP contribution in [0.25, 0.3) is 23.3 Å². The van der Waals surface area contributed by atoms with Gasteiger partial charge in [0.2, 0.25) is 0 Å². The number of thiocyanates is 1. The molecule has 28 heavy (non-hydrogen) atoms. The smallest absolute Gasteiger partial charge is 0.141 e. The van der Waals surface area contributed by atoms with Crippen LogP contribution in [0.15, 0.2) is 65.6 Å². The van der Waals surface area contributed by atoms with E-state index in [2.05, 4.69) is 12.1 Å². The highest BCUT2D eigenvalue weighted by molar-refractivity contribution is 8.03. The minimum absolute atomic E-state index is 0.270. The first kappa shape index (κ1) is 21.4. The highest BCUT2D eigenvalue weighted by atomic mass is 32.2. The lowest BCUT2D eigenvalue weighted by atomic mass is 10.0. The minimum Gasteiger partial charge on any atom is -0.206 e. The van der Waals surface area contributed by atoms with Crippen LogP contribution in [0.4, 0.5) is 8.78 Å². The van der Waals surface area contributed by atoms with Crippen LogP contribution in [-0.2, 0) is 0 Å². The second kappa shape index (κ2) is 10.4. The van der Waals surface area contributed by atoms with Gasteiger partial charge in [-0.05, 0) is 53.1 Å². The number of aryl methyl sites for hydroxylation is 1. The number of benzene rings is 3. The molecule has 4 heteroatoms. The summed E-state index contributed by atoms with van der Waals surface area (Å²) in [7, 11) is 0. The largest absolute Gasteiger partial charge is 0.206 e. The number of rotatable bonds is 4. The highest BCUT2D eigenvalue weighted by Crippen LogP contribution is 2.30. The van der Waals surface area contributed by atoms with Crippen molar-refractivity contribution >= 4 is 23.9 Å². The Balaban J connectivity index is 0.00000136. The van der Waals surface area contributed by atoms with Gasteiger partial charge in [-0.1, -0.05) is 80.1 Å². The molecule has 3 aromatic carbocycles. The third-order valence-corrected chi connectivity index (χ3v) is 4.62. The van der Waals surface area contributed by atoms with Crippen LogP contribution in [0.5, 0.6) is 0 Å². The van der Waals surface area contributed by atoms with E-state index in [9.17, 15) is 8.78 Å². The van der Waals surface area contributed by atoms with Gasteiger partial charge < -0.3 is 0 Å². The van der Waals surface area contributed by atoms with Crippen molar-refractivity contribution in [3.8, 4) is 16.5 Å². The molecule has 0 aliphatic carbocycles. The maximum Gasteiger partial charge on any atom is 0.141 e. The van der Waals surface area contributed by atoms with E-state index < -0.39 is 11.6 Å². The average molecular weight is 394 g/mol. The lowest BCUT2D eigenvalue weighted by Gasteiger charge is -2.06. The van der Waals surface area contributed by atoms with E-state index in [1.165, 1.54) is 17.7 Å². The van der Waals surface area contributed by atoms with Crippen molar-refractivity contribution in [1.82, 2.24) is 0 Å². The number of hydrogen-bond acceptors (Lipinski definition) is 2. The topological polar surface area (TPSA) is 23.8 Å². The molecule has 1 nitrogen and oxygen atoms in total. The minimum atomic E-state index is -0.727. The summed E-state index contributed by atoms with van der Waals surface area (Å²) in [6, 6.07) is 18.1. The fourth-order valence-electron chi connectivity index (χ4n) is 2.53. The van der Waals surface area contributed by atoms with Crippen LogP contribution >= 0.6 is 11.8 Å². The van der Waals surface area contributed by atoms with Gasteiger partial charge in [0.15, 0.2) is 0 Å². The molecular weight excluding hydrogens is 372 g/mol. The van der Waals surface area contributed by atoms with Gasteiger partial charge in [-0.15, -0.1) is 0 Å². The van der Waals surface area contributed by atoms with Gasteiger partial charge >= 0.3 is 0 Å². The molecule has 0 fully saturated rings. The summed E-state index contributed by atoms with van der Waals surface area (Å²) in [6.45, 7) is 6.05. The number of nitrogens with zero attached hydrogens (tertiary/aromatic N) is 1. The predicted molar refractivity (Wildman–Crippen MR) is 115 cm³/mol. The molecule has 0 atom stereocenters. The summed E-state index contributed by atoms with van der Waals surface area (Å²) in [4.78, 5) is -0.270. The van der Waals surface area contributed by atoms with Gasteiger partial charge in [-0.3, -0.25) is 0 Å². The molecule has 0 unspecified atom stereocenters. The predicted octanol–water partition coefficient (Wildman–Crippen LogP) is 7.71. The van der Waals surface area contributed by atoms with Crippen LogP contribution in [0.1, 0.15) is 30.5 Å². The highest BCUT2D eigenvalue weighted by Gasteiger charge is 2.12. The first-order chi connectivity index (χ1) is 13.6. The Morgan fingerprint density at radius 2 is 1.25 bits per heavy atom. The number of hydrogen-bond donors (Lipinski definition) is 0. The van der Waals surface area contributed by atoms with Gasteiger partial charge in [-0.25, -0.2) is 8.78 Å². The summed E-state index contributed by atoms with van der Waals surface area (Å²) in [5.74, 6) is -1.45. The van der Waals surface area contributed by atoms with E-state index in [4.69, 9.17) is 5.26 Å². The van der Waals surface area contributed by atoms with Crippen molar-refractivity contribution in [3.05, 3.63) is 89.0 Å². The molecule has 0 aliphatic heterocycles. The second-order valence-electron chi connectivity index (χ2n) is 5.83. The van der Waals surface area contributed by atoms with Gasteiger partial charge in [0.25, 0.3) is 0 Å². The number of thioether (sulfide) groups is 1. The van der Waals surface area contributed by atoms with E-state index in [0.717, 1.165) is 11.1 Å². The summed E-state index contributed by atoms with van der Waals surface area (Å²) >= 11 is 0.487. The molecular formula is C24H21F2NS. The fraction of sp³-hybridized carbons (Fsp3) is 0.125. The summed E-state index contributed by atoms with van der Waals surface area (Å²) in [6.07, 6.45) is 4.00. The van der Waals surface area contributed by atoms with Crippen molar-refractivity contribution in [2.24, 2.45) is 0 Å². The summed E-state index contributed by atoms with van der Waals surface area (Å²) in [5, 5.41) is 10.3. The SMILES string of the molecule is CC.Cc1ccc(C=Cc2ccc(-c3cc(F)c(SC#N)c(F)c3)cc2)cc1. The number of nitriles is 1. The maximum absolute atomic E-state index is 14.0. The van der Waals surface area contributed by atoms with Crippen molar-refractivity contribution < 1.29 is 8.78 Å². The monoisotopic (exact) mass is 393 g/mol. The standard InChI is InChI=1S/C22H15F2NS.C2H6/c1-15-2-4-16(5-3-15)6-7-17-8-10-18(11-9-17)19-12-20(23)22(26-14-25)21(24)13-19;1-2/h2-13H,1H3;1-2H3. The third kappa shape index (κ3) is 5.55. The van der Waals surface area contributed by atoms with E-state index in [-0.39, 0.29) is 4.90 Å². The second-order valence-corrected chi connectivity index (χ2v) is 6.62. The van der Waals surface area contributed by atoms with Crippen molar-refractivity contribution in [1.29, 1.82) is 5.26 Å². The summed E-state index contributed by atoms with van der Waals surface area (Å²) in [5.41, 5.74) is 4.46. The Morgan fingerprint density at radius 3 is 1.71 bits per heavy atom. The van der Waals surface area contributed by atoms with Gasteiger partial charge in [0.05, 0.1) is 4.90 Å². The quantitative estimate of drug-likeness (QED) is 0.257. The third-order valence-electron chi connectivity index (χ3n) is 3.94. The van der Waals surface area contributed by atoms with Crippen LogP contribution in [0.2, 0.25) is 0 Å². The maximum atomic E-state index is 14.0. The van der Waals surface area contributed by atoms with E-state index >= 15 is 0 Å². The molecule has 0 heterocycles. The molecule has 0 radical (unpaired) electrons. The first-order valence-corrected chi connectivity index (χ1v) is 9.78. The van der Waals surface area contributed by atoms with E-state index in [1.54, 1.807) is 5.40 Å². The average Bonchev–Trinajstić information content (AvgIpc) is 2.72. The molecule has 142 valence electrons. The molecule has 0 saturated heterocycles.